The largest absolute Gasteiger partial charge is 0.345 e. The second-order valence-corrected chi connectivity index (χ2v) is 5.50. The fourth-order valence-corrected chi connectivity index (χ4v) is 2.49. The summed E-state index contributed by atoms with van der Waals surface area (Å²) in [7, 11) is 0. The van der Waals surface area contributed by atoms with E-state index in [0.717, 1.165) is 23.9 Å². The van der Waals surface area contributed by atoms with E-state index in [-0.39, 0.29) is 0 Å². The van der Waals surface area contributed by atoms with Gasteiger partial charge in [-0.15, -0.1) is 0 Å². The molecular formula is C17H21N3S. The van der Waals surface area contributed by atoms with Crippen molar-refractivity contribution in [2.45, 2.75) is 27.3 Å². The van der Waals surface area contributed by atoms with Crippen molar-refractivity contribution in [3.05, 3.63) is 59.4 Å². The predicted molar refractivity (Wildman–Crippen MR) is 92.5 cm³/mol. The lowest BCUT2D eigenvalue weighted by molar-refractivity contribution is 0.442. The van der Waals surface area contributed by atoms with Crippen molar-refractivity contribution in [3.8, 4) is 0 Å². The van der Waals surface area contributed by atoms with E-state index in [4.69, 9.17) is 12.2 Å². The number of nitrogens with one attached hydrogen (secondary N) is 1. The molecule has 1 N–H and O–H groups in total. The van der Waals surface area contributed by atoms with Gasteiger partial charge in [-0.05, 0) is 62.3 Å². The Morgan fingerprint density at radius 1 is 1.19 bits per heavy atom. The first-order valence-electron chi connectivity index (χ1n) is 7.12. The quantitative estimate of drug-likeness (QED) is 0.866. The second kappa shape index (κ2) is 7.18. The lowest BCUT2D eigenvalue weighted by Gasteiger charge is -2.25. The third-order valence-electron chi connectivity index (χ3n) is 3.42. The van der Waals surface area contributed by atoms with Gasteiger partial charge in [0.05, 0.1) is 0 Å². The highest BCUT2D eigenvalue weighted by Crippen LogP contribution is 2.17. The van der Waals surface area contributed by atoms with Crippen LogP contribution in [0.15, 0.2) is 42.7 Å². The number of hydrogen-bond acceptors (Lipinski definition) is 2. The van der Waals surface area contributed by atoms with Gasteiger partial charge in [-0.25, -0.2) is 0 Å². The van der Waals surface area contributed by atoms with Crippen LogP contribution >= 0.6 is 12.2 Å². The average molecular weight is 299 g/mol. The van der Waals surface area contributed by atoms with Crippen LogP contribution in [0.5, 0.6) is 0 Å². The first-order chi connectivity index (χ1) is 10.1. The summed E-state index contributed by atoms with van der Waals surface area (Å²) >= 11 is 5.55. The molecule has 2 rings (SSSR count). The fraction of sp³-hybridized carbons (Fsp3) is 0.294. The Bertz CT molecular complexity index is 611. The number of aromatic nitrogens is 1. The van der Waals surface area contributed by atoms with Crippen LogP contribution in [0.2, 0.25) is 0 Å². The SMILES string of the molecule is CCN(Cc1ccncc1)C(=S)Nc1ccc(C)cc1C. The van der Waals surface area contributed by atoms with E-state index in [0.29, 0.717) is 0 Å². The predicted octanol–water partition coefficient (Wildman–Crippen LogP) is 3.92. The lowest BCUT2D eigenvalue weighted by atomic mass is 10.1. The monoisotopic (exact) mass is 299 g/mol. The topological polar surface area (TPSA) is 28.2 Å². The molecule has 3 nitrogen and oxygen atoms in total. The maximum atomic E-state index is 5.55. The highest BCUT2D eigenvalue weighted by atomic mass is 32.1. The molecule has 110 valence electrons. The van der Waals surface area contributed by atoms with Crippen molar-refractivity contribution in [1.29, 1.82) is 0 Å². The van der Waals surface area contributed by atoms with Gasteiger partial charge in [-0.1, -0.05) is 17.7 Å². The zero-order valence-electron chi connectivity index (χ0n) is 12.8. The van der Waals surface area contributed by atoms with E-state index < -0.39 is 0 Å². The van der Waals surface area contributed by atoms with Gasteiger partial charge in [0.25, 0.3) is 0 Å². The molecule has 0 saturated heterocycles. The third kappa shape index (κ3) is 4.26. The van der Waals surface area contributed by atoms with Crippen LogP contribution in [0.1, 0.15) is 23.6 Å². The maximum absolute atomic E-state index is 5.55. The second-order valence-electron chi connectivity index (χ2n) is 5.12. The summed E-state index contributed by atoms with van der Waals surface area (Å²) < 4.78 is 0. The molecule has 1 aromatic carbocycles. The molecule has 0 radical (unpaired) electrons. The van der Waals surface area contributed by atoms with Crippen LogP contribution in [0.3, 0.4) is 0 Å². The van der Waals surface area contributed by atoms with Gasteiger partial charge < -0.3 is 10.2 Å². The van der Waals surface area contributed by atoms with E-state index in [1.807, 2.05) is 24.5 Å². The number of benzene rings is 1. The number of thiocarbonyl (C=S) groups is 1. The molecule has 0 spiro atoms. The minimum Gasteiger partial charge on any atom is -0.345 e. The van der Waals surface area contributed by atoms with Crippen molar-refractivity contribution < 1.29 is 0 Å². The molecule has 0 aliphatic heterocycles. The number of aryl methyl sites for hydroxylation is 2. The fourth-order valence-electron chi connectivity index (χ4n) is 2.18. The van der Waals surface area contributed by atoms with Gasteiger partial charge in [0.1, 0.15) is 0 Å². The summed E-state index contributed by atoms with van der Waals surface area (Å²) in [6.45, 7) is 7.94. The number of nitrogens with zero attached hydrogens (tertiary/aromatic N) is 2. The van der Waals surface area contributed by atoms with Gasteiger partial charge in [0.2, 0.25) is 0 Å². The molecule has 4 heteroatoms. The van der Waals surface area contributed by atoms with Gasteiger partial charge in [-0.2, -0.15) is 0 Å². The molecule has 0 amide bonds. The van der Waals surface area contributed by atoms with Gasteiger partial charge in [-0.3, -0.25) is 4.98 Å². The van der Waals surface area contributed by atoms with Crippen LogP contribution in [0, 0.1) is 13.8 Å². The van der Waals surface area contributed by atoms with Crippen molar-refractivity contribution in [2.24, 2.45) is 0 Å². The molecule has 2 aromatic rings. The molecule has 0 aliphatic rings. The number of hydrogen-bond donors (Lipinski definition) is 1. The van der Waals surface area contributed by atoms with Gasteiger partial charge in [0.15, 0.2) is 5.11 Å². The van der Waals surface area contributed by atoms with Crippen molar-refractivity contribution in [2.75, 3.05) is 11.9 Å². The average Bonchev–Trinajstić information content (AvgIpc) is 2.48. The van der Waals surface area contributed by atoms with Crippen molar-refractivity contribution in [3.63, 3.8) is 0 Å². The first kappa shape index (κ1) is 15.4. The molecule has 1 heterocycles. The van der Waals surface area contributed by atoms with Gasteiger partial charge >= 0.3 is 0 Å². The molecule has 0 aliphatic carbocycles. The molecule has 0 saturated carbocycles. The van der Waals surface area contributed by atoms with E-state index >= 15 is 0 Å². The van der Waals surface area contributed by atoms with E-state index in [9.17, 15) is 0 Å². The zero-order chi connectivity index (χ0) is 15.2. The number of rotatable bonds is 4. The third-order valence-corrected chi connectivity index (χ3v) is 3.78. The van der Waals surface area contributed by atoms with Crippen molar-refractivity contribution in [1.82, 2.24) is 9.88 Å². The van der Waals surface area contributed by atoms with Crippen LogP contribution in [-0.4, -0.2) is 21.5 Å². The Morgan fingerprint density at radius 2 is 1.90 bits per heavy atom. The Hall–Kier alpha value is -1.94. The standard InChI is InChI=1S/C17H21N3S/c1-4-20(12-15-7-9-18-10-8-15)17(21)19-16-6-5-13(2)11-14(16)3/h5-11H,4,12H2,1-3H3,(H,19,21). The summed E-state index contributed by atoms with van der Waals surface area (Å²) in [4.78, 5) is 6.19. The molecule has 21 heavy (non-hydrogen) atoms. The zero-order valence-corrected chi connectivity index (χ0v) is 13.6. The maximum Gasteiger partial charge on any atom is 0.173 e. The summed E-state index contributed by atoms with van der Waals surface area (Å²) in [6.07, 6.45) is 3.62. The number of anilines is 1. The van der Waals surface area contributed by atoms with Crippen LogP contribution in [-0.2, 0) is 6.54 Å². The molecule has 0 atom stereocenters. The molecular weight excluding hydrogens is 278 g/mol. The minimum atomic E-state index is 0.751. The summed E-state index contributed by atoms with van der Waals surface area (Å²) in [5.41, 5.74) is 4.74. The Balaban J connectivity index is 2.06. The van der Waals surface area contributed by atoms with E-state index in [2.05, 4.69) is 54.2 Å². The van der Waals surface area contributed by atoms with Gasteiger partial charge in [0, 0.05) is 31.2 Å². The molecule has 1 aromatic heterocycles. The summed E-state index contributed by atoms with van der Waals surface area (Å²) in [6, 6.07) is 10.4. The Labute approximate surface area is 132 Å². The summed E-state index contributed by atoms with van der Waals surface area (Å²) in [5, 5.41) is 4.10. The van der Waals surface area contributed by atoms with Crippen molar-refractivity contribution >= 4 is 23.0 Å². The smallest absolute Gasteiger partial charge is 0.173 e. The first-order valence-corrected chi connectivity index (χ1v) is 7.53. The van der Waals surface area contributed by atoms with E-state index in [1.54, 1.807) is 0 Å². The highest BCUT2D eigenvalue weighted by Gasteiger charge is 2.09. The minimum absolute atomic E-state index is 0.751. The highest BCUT2D eigenvalue weighted by molar-refractivity contribution is 7.80. The molecule has 0 fully saturated rings. The van der Waals surface area contributed by atoms with Crippen LogP contribution in [0.25, 0.3) is 0 Å². The van der Waals surface area contributed by atoms with Crippen LogP contribution < -0.4 is 5.32 Å². The molecule has 0 bridgehead atoms. The lowest BCUT2D eigenvalue weighted by Crippen LogP contribution is -2.34. The van der Waals surface area contributed by atoms with Crippen LogP contribution in [0.4, 0.5) is 5.69 Å². The normalized spacial score (nSPS) is 10.2. The van der Waals surface area contributed by atoms with E-state index in [1.165, 1.54) is 16.7 Å². The number of pyridine rings is 1. The summed E-state index contributed by atoms with van der Waals surface area (Å²) in [5.74, 6) is 0. The Kier molecular flexibility index (Phi) is 5.28. The Morgan fingerprint density at radius 3 is 2.52 bits per heavy atom. The molecule has 0 unspecified atom stereocenters.